The summed E-state index contributed by atoms with van der Waals surface area (Å²) >= 11 is 6.25. The number of rotatable bonds is 4. The van der Waals surface area contributed by atoms with Gasteiger partial charge in [0, 0.05) is 18.7 Å². The minimum atomic E-state index is -0.152. The van der Waals surface area contributed by atoms with E-state index in [0.29, 0.717) is 0 Å². The average Bonchev–Trinajstić information content (AvgIpc) is 3.03. The zero-order valence-corrected chi connectivity index (χ0v) is 12.3. The summed E-state index contributed by atoms with van der Waals surface area (Å²) in [5.41, 5.74) is 2.75. The third kappa shape index (κ3) is 2.43. The van der Waals surface area contributed by atoms with Crippen LogP contribution in [0.25, 0.3) is 11.2 Å². The van der Waals surface area contributed by atoms with E-state index in [1.807, 2.05) is 38.1 Å². The molecular weight excluding hydrogens is 274 g/mol. The standard InChI is InChI=1S/C15H16ClN3O/c1-10-5-6-13-15(17-10)19(14(18-13)11(2)16)8-7-12-4-3-9-20-12/h3-6,9,11H,7-8H2,1-2H3. The van der Waals surface area contributed by atoms with Gasteiger partial charge < -0.3 is 8.98 Å². The van der Waals surface area contributed by atoms with Crippen molar-refractivity contribution in [1.82, 2.24) is 14.5 Å². The lowest BCUT2D eigenvalue weighted by atomic mass is 10.3. The summed E-state index contributed by atoms with van der Waals surface area (Å²) in [5.74, 6) is 1.80. The van der Waals surface area contributed by atoms with Gasteiger partial charge in [0.25, 0.3) is 0 Å². The van der Waals surface area contributed by atoms with Crippen LogP contribution < -0.4 is 0 Å². The number of furan rings is 1. The summed E-state index contributed by atoms with van der Waals surface area (Å²) in [7, 11) is 0. The summed E-state index contributed by atoms with van der Waals surface area (Å²) in [6.07, 6.45) is 2.49. The van der Waals surface area contributed by atoms with Gasteiger partial charge in [0.15, 0.2) is 5.65 Å². The number of hydrogen-bond donors (Lipinski definition) is 0. The topological polar surface area (TPSA) is 43.9 Å². The first-order chi connectivity index (χ1) is 9.65. The van der Waals surface area contributed by atoms with Crippen LogP contribution >= 0.6 is 11.6 Å². The molecule has 0 spiro atoms. The Bertz CT molecular complexity index is 716. The molecule has 0 amide bonds. The van der Waals surface area contributed by atoms with Crippen LogP contribution in [0.3, 0.4) is 0 Å². The van der Waals surface area contributed by atoms with Crippen molar-refractivity contribution in [2.45, 2.75) is 32.2 Å². The Morgan fingerprint density at radius 3 is 2.85 bits per heavy atom. The van der Waals surface area contributed by atoms with Crippen LogP contribution in [0.15, 0.2) is 34.9 Å². The number of aromatic nitrogens is 3. The first kappa shape index (κ1) is 13.2. The second-order valence-corrected chi connectivity index (χ2v) is 5.52. The highest BCUT2D eigenvalue weighted by atomic mass is 35.5. The molecule has 4 nitrogen and oxygen atoms in total. The summed E-state index contributed by atoms with van der Waals surface area (Å²) in [5, 5.41) is -0.152. The zero-order chi connectivity index (χ0) is 14.1. The number of fused-ring (bicyclic) bond motifs is 1. The SMILES string of the molecule is Cc1ccc2nc(C(C)Cl)n(CCc3ccco3)c2n1. The molecule has 20 heavy (non-hydrogen) atoms. The molecule has 0 saturated carbocycles. The van der Waals surface area contributed by atoms with Gasteiger partial charge in [-0.2, -0.15) is 0 Å². The van der Waals surface area contributed by atoms with Crippen LogP contribution in [0.2, 0.25) is 0 Å². The van der Waals surface area contributed by atoms with E-state index < -0.39 is 0 Å². The van der Waals surface area contributed by atoms with Crippen molar-refractivity contribution in [2.75, 3.05) is 0 Å². The summed E-state index contributed by atoms with van der Waals surface area (Å²) in [4.78, 5) is 9.18. The van der Waals surface area contributed by atoms with Gasteiger partial charge in [-0.1, -0.05) is 0 Å². The Labute approximate surface area is 122 Å². The lowest BCUT2D eigenvalue weighted by molar-refractivity contribution is 0.489. The second-order valence-electron chi connectivity index (χ2n) is 4.86. The fraction of sp³-hybridized carbons (Fsp3) is 0.333. The molecule has 0 aromatic carbocycles. The number of halogens is 1. The number of aryl methyl sites for hydroxylation is 3. The van der Waals surface area contributed by atoms with Gasteiger partial charge in [0.05, 0.1) is 11.6 Å². The van der Waals surface area contributed by atoms with Gasteiger partial charge in [-0.25, -0.2) is 9.97 Å². The molecule has 3 aromatic rings. The molecule has 3 aromatic heterocycles. The van der Waals surface area contributed by atoms with Crippen LogP contribution in [-0.4, -0.2) is 14.5 Å². The lowest BCUT2D eigenvalue weighted by Gasteiger charge is -2.09. The van der Waals surface area contributed by atoms with E-state index in [0.717, 1.165) is 41.4 Å². The fourth-order valence-corrected chi connectivity index (χ4v) is 2.48. The highest BCUT2D eigenvalue weighted by Crippen LogP contribution is 2.24. The van der Waals surface area contributed by atoms with Crippen LogP contribution in [0.4, 0.5) is 0 Å². The van der Waals surface area contributed by atoms with Crippen molar-refractivity contribution in [3.05, 3.63) is 47.8 Å². The molecule has 1 unspecified atom stereocenters. The van der Waals surface area contributed by atoms with Crippen LogP contribution in [-0.2, 0) is 13.0 Å². The predicted molar refractivity (Wildman–Crippen MR) is 78.9 cm³/mol. The number of hydrogen-bond acceptors (Lipinski definition) is 3. The quantitative estimate of drug-likeness (QED) is 0.685. The van der Waals surface area contributed by atoms with Gasteiger partial charge in [-0.3, -0.25) is 0 Å². The Hall–Kier alpha value is -1.81. The van der Waals surface area contributed by atoms with E-state index in [2.05, 4.69) is 14.5 Å². The van der Waals surface area contributed by atoms with Crippen molar-refractivity contribution in [3.63, 3.8) is 0 Å². The maximum absolute atomic E-state index is 6.25. The normalized spacial score (nSPS) is 12.9. The molecular formula is C15H16ClN3O. The molecule has 1 atom stereocenters. The van der Waals surface area contributed by atoms with Crippen LogP contribution in [0.5, 0.6) is 0 Å². The Kier molecular flexibility index (Phi) is 3.49. The third-order valence-corrected chi connectivity index (χ3v) is 3.47. The molecule has 3 rings (SSSR count). The van der Waals surface area contributed by atoms with E-state index in [1.54, 1.807) is 6.26 Å². The van der Waals surface area contributed by atoms with Gasteiger partial charge in [-0.15, -0.1) is 11.6 Å². The third-order valence-electron chi connectivity index (χ3n) is 3.28. The highest BCUT2D eigenvalue weighted by Gasteiger charge is 2.16. The van der Waals surface area contributed by atoms with Crippen molar-refractivity contribution in [1.29, 1.82) is 0 Å². The van der Waals surface area contributed by atoms with Gasteiger partial charge in [0.1, 0.15) is 17.1 Å². The van der Waals surface area contributed by atoms with E-state index in [1.165, 1.54) is 0 Å². The van der Waals surface area contributed by atoms with Crippen molar-refractivity contribution >= 4 is 22.8 Å². The number of nitrogens with zero attached hydrogens (tertiary/aromatic N) is 3. The Morgan fingerprint density at radius 2 is 2.15 bits per heavy atom. The summed E-state index contributed by atoms with van der Waals surface area (Å²) in [6, 6.07) is 7.83. The van der Waals surface area contributed by atoms with Crippen LogP contribution in [0.1, 0.15) is 29.6 Å². The molecule has 3 heterocycles. The minimum Gasteiger partial charge on any atom is -0.469 e. The van der Waals surface area contributed by atoms with Crippen molar-refractivity contribution < 1.29 is 4.42 Å². The van der Waals surface area contributed by atoms with E-state index in [9.17, 15) is 0 Å². The molecule has 0 aliphatic heterocycles. The van der Waals surface area contributed by atoms with E-state index in [-0.39, 0.29) is 5.38 Å². The number of imidazole rings is 1. The zero-order valence-electron chi connectivity index (χ0n) is 11.5. The number of pyridine rings is 1. The molecule has 5 heteroatoms. The van der Waals surface area contributed by atoms with E-state index in [4.69, 9.17) is 16.0 Å². The van der Waals surface area contributed by atoms with Crippen molar-refractivity contribution in [3.8, 4) is 0 Å². The monoisotopic (exact) mass is 289 g/mol. The second kappa shape index (κ2) is 5.29. The summed E-state index contributed by atoms with van der Waals surface area (Å²) < 4.78 is 7.47. The molecule has 0 aliphatic carbocycles. The predicted octanol–water partition coefficient (Wildman–Crippen LogP) is 3.88. The minimum absolute atomic E-state index is 0.152. The molecule has 0 N–H and O–H groups in total. The van der Waals surface area contributed by atoms with Crippen LogP contribution in [0, 0.1) is 6.92 Å². The van der Waals surface area contributed by atoms with Gasteiger partial charge in [0.2, 0.25) is 0 Å². The average molecular weight is 290 g/mol. The molecule has 0 bridgehead atoms. The van der Waals surface area contributed by atoms with E-state index >= 15 is 0 Å². The molecule has 0 fully saturated rings. The molecule has 0 aliphatic rings. The first-order valence-electron chi connectivity index (χ1n) is 6.65. The fourth-order valence-electron chi connectivity index (χ4n) is 2.31. The molecule has 0 saturated heterocycles. The highest BCUT2D eigenvalue weighted by molar-refractivity contribution is 6.20. The first-order valence-corrected chi connectivity index (χ1v) is 7.09. The maximum Gasteiger partial charge on any atom is 0.160 e. The molecule has 104 valence electrons. The smallest absolute Gasteiger partial charge is 0.160 e. The Balaban J connectivity index is 2.01. The van der Waals surface area contributed by atoms with Gasteiger partial charge in [-0.05, 0) is 38.1 Å². The molecule has 0 radical (unpaired) electrons. The largest absolute Gasteiger partial charge is 0.469 e. The summed E-state index contributed by atoms with van der Waals surface area (Å²) in [6.45, 7) is 4.67. The van der Waals surface area contributed by atoms with Gasteiger partial charge >= 0.3 is 0 Å². The maximum atomic E-state index is 6.25. The Morgan fingerprint density at radius 1 is 1.30 bits per heavy atom. The lowest BCUT2D eigenvalue weighted by Crippen LogP contribution is -2.07. The number of alkyl halides is 1. The van der Waals surface area contributed by atoms with Crippen molar-refractivity contribution in [2.24, 2.45) is 0 Å².